The summed E-state index contributed by atoms with van der Waals surface area (Å²) in [6, 6.07) is 3.60. The molecule has 0 aliphatic carbocycles. The molecule has 0 radical (unpaired) electrons. The third-order valence-corrected chi connectivity index (χ3v) is 6.05. The van der Waals surface area contributed by atoms with Crippen molar-refractivity contribution in [2.75, 3.05) is 26.3 Å². The van der Waals surface area contributed by atoms with Crippen LogP contribution in [0.1, 0.15) is 30.0 Å². The van der Waals surface area contributed by atoms with Crippen LogP contribution in [-0.4, -0.2) is 47.4 Å². The number of carboxylic acid groups (broad SMARTS) is 1. The van der Waals surface area contributed by atoms with Crippen LogP contribution in [0.2, 0.25) is 0 Å². The zero-order valence-electron chi connectivity index (χ0n) is 15.5. The standard InChI is InChI=1S/C19H21FN4O4S/c20-12-3-4-13(15-10-28-7-6-24(15)19(26)27)11(8-12)9-16-17(25)22-18(29-16)14-2-1-5-21-23-14/h3-4,8-9,15,21,23H,1-2,5-7,10H2,(H,22,25)(H,26,27). The van der Waals surface area contributed by atoms with E-state index >= 15 is 0 Å². The van der Waals surface area contributed by atoms with Gasteiger partial charge >= 0.3 is 6.09 Å². The van der Waals surface area contributed by atoms with Crippen LogP contribution in [0.4, 0.5) is 9.18 Å². The summed E-state index contributed by atoms with van der Waals surface area (Å²) < 4.78 is 20.6. The number of nitrogens with one attached hydrogen (secondary N) is 3. The molecular formula is C19H21FN4O4S. The van der Waals surface area contributed by atoms with Crippen LogP contribution in [0.25, 0.3) is 11.8 Å². The summed E-state index contributed by atoms with van der Waals surface area (Å²) in [6.45, 7) is 1.58. The third kappa shape index (κ3) is 4.19. The predicted octanol–water partition coefficient (Wildman–Crippen LogP) is 0.452. The van der Waals surface area contributed by atoms with Crippen molar-refractivity contribution >= 4 is 29.2 Å². The summed E-state index contributed by atoms with van der Waals surface area (Å²) >= 11 is 1.28. The molecule has 4 N–H and O–H groups in total. The van der Waals surface area contributed by atoms with Crippen LogP contribution in [0.5, 0.6) is 0 Å². The highest BCUT2D eigenvalue weighted by Crippen LogP contribution is 2.28. The largest absolute Gasteiger partial charge is 0.465 e. The van der Waals surface area contributed by atoms with E-state index in [1.807, 2.05) is 0 Å². The molecule has 1 aromatic heterocycles. The Balaban J connectivity index is 1.80. The molecule has 29 heavy (non-hydrogen) atoms. The number of benzene rings is 1. The van der Waals surface area contributed by atoms with Gasteiger partial charge in [-0.1, -0.05) is 6.07 Å². The number of morpholine rings is 1. The summed E-state index contributed by atoms with van der Waals surface area (Å²) in [5.74, 6) is -0.459. The van der Waals surface area contributed by atoms with Crippen molar-refractivity contribution in [1.82, 2.24) is 20.7 Å². The number of ether oxygens (including phenoxy) is 1. The Morgan fingerprint density at radius 1 is 1.41 bits per heavy atom. The number of hydrazine groups is 1. The number of amides is 1. The predicted molar refractivity (Wildman–Crippen MR) is 106 cm³/mol. The Hall–Kier alpha value is -2.69. The average Bonchev–Trinajstić information content (AvgIpc) is 3.09. The number of halogens is 1. The lowest BCUT2D eigenvalue weighted by atomic mass is 9.98. The Kier molecular flexibility index (Phi) is 5.65. The molecule has 1 unspecified atom stereocenters. The van der Waals surface area contributed by atoms with Crippen molar-refractivity contribution in [3.05, 3.63) is 54.7 Å². The minimum absolute atomic E-state index is 0.179. The highest BCUT2D eigenvalue weighted by atomic mass is 32.1. The van der Waals surface area contributed by atoms with Gasteiger partial charge < -0.3 is 20.3 Å². The first-order valence-corrected chi connectivity index (χ1v) is 10.1. The Morgan fingerprint density at radius 3 is 3.03 bits per heavy atom. The molecule has 0 bridgehead atoms. The van der Waals surface area contributed by atoms with Gasteiger partial charge in [0.05, 0.1) is 29.5 Å². The fraction of sp³-hybridized carbons (Fsp3) is 0.368. The molecule has 0 saturated carbocycles. The molecule has 10 heteroatoms. The van der Waals surface area contributed by atoms with Gasteiger partial charge in [-0.25, -0.2) is 14.6 Å². The van der Waals surface area contributed by atoms with E-state index in [1.54, 1.807) is 12.1 Å². The van der Waals surface area contributed by atoms with Crippen LogP contribution in [-0.2, 0) is 4.74 Å². The highest BCUT2D eigenvalue weighted by molar-refractivity contribution is 7.07. The molecule has 1 atom stereocenters. The number of aromatic amines is 1. The maximum Gasteiger partial charge on any atom is 0.407 e. The Morgan fingerprint density at radius 2 is 2.28 bits per heavy atom. The lowest BCUT2D eigenvalue weighted by molar-refractivity contribution is -0.000972. The smallest absolute Gasteiger partial charge is 0.407 e. The van der Waals surface area contributed by atoms with Gasteiger partial charge in [0, 0.05) is 13.1 Å². The normalized spacial score (nSPS) is 22.4. The molecule has 2 aromatic rings. The van der Waals surface area contributed by atoms with E-state index in [2.05, 4.69) is 15.8 Å². The zero-order chi connectivity index (χ0) is 20.4. The highest BCUT2D eigenvalue weighted by Gasteiger charge is 2.29. The number of hydrogen-bond donors (Lipinski definition) is 4. The summed E-state index contributed by atoms with van der Waals surface area (Å²) in [5.41, 5.74) is 7.84. The molecule has 1 amide bonds. The van der Waals surface area contributed by atoms with Crippen molar-refractivity contribution in [1.29, 1.82) is 0 Å². The van der Waals surface area contributed by atoms with Crippen molar-refractivity contribution in [3.8, 4) is 0 Å². The second-order valence-corrected chi connectivity index (χ2v) is 7.92. The van der Waals surface area contributed by atoms with Crippen molar-refractivity contribution in [2.24, 2.45) is 0 Å². The van der Waals surface area contributed by atoms with E-state index in [0.717, 1.165) is 29.7 Å². The molecule has 2 aliphatic rings. The monoisotopic (exact) mass is 420 g/mol. The molecule has 2 saturated heterocycles. The Labute approximate surface area is 169 Å². The minimum Gasteiger partial charge on any atom is -0.465 e. The molecule has 1 aromatic carbocycles. The lowest BCUT2D eigenvalue weighted by Gasteiger charge is -2.34. The molecule has 2 aliphatic heterocycles. The summed E-state index contributed by atoms with van der Waals surface area (Å²) in [4.78, 5) is 28.2. The molecule has 4 rings (SSSR count). The van der Waals surface area contributed by atoms with Gasteiger partial charge in [0.1, 0.15) is 10.5 Å². The molecule has 8 nitrogen and oxygen atoms in total. The SMILES string of the molecule is O=C(O)N1CCOCC1c1ccc(F)cc1C=c1sc(=C2CCCNN2)[nH]c1=O. The summed E-state index contributed by atoms with van der Waals surface area (Å²) in [7, 11) is 0. The van der Waals surface area contributed by atoms with Crippen LogP contribution >= 0.6 is 11.3 Å². The Bertz CT molecular complexity index is 1090. The molecule has 154 valence electrons. The number of nitrogens with zero attached hydrogens (tertiary/aromatic N) is 1. The average molecular weight is 420 g/mol. The molecule has 2 fully saturated rings. The van der Waals surface area contributed by atoms with Gasteiger partial charge in [-0.3, -0.25) is 9.69 Å². The first-order valence-electron chi connectivity index (χ1n) is 9.32. The van der Waals surface area contributed by atoms with Gasteiger partial charge in [0.25, 0.3) is 5.56 Å². The van der Waals surface area contributed by atoms with Crippen molar-refractivity contribution in [2.45, 2.75) is 18.9 Å². The van der Waals surface area contributed by atoms with Crippen LogP contribution in [0, 0.1) is 5.82 Å². The summed E-state index contributed by atoms with van der Waals surface area (Å²) in [5, 5.41) is 9.51. The fourth-order valence-electron chi connectivity index (χ4n) is 3.54. The van der Waals surface area contributed by atoms with Crippen LogP contribution in [0.3, 0.4) is 0 Å². The van der Waals surface area contributed by atoms with E-state index < -0.39 is 18.0 Å². The maximum atomic E-state index is 14.0. The second-order valence-electron chi connectivity index (χ2n) is 6.87. The number of hydrogen-bond acceptors (Lipinski definition) is 6. The number of rotatable bonds is 2. The topological polar surface area (TPSA) is 107 Å². The van der Waals surface area contributed by atoms with Crippen LogP contribution in [0.15, 0.2) is 23.0 Å². The fourth-order valence-corrected chi connectivity index (χ4v) is 4.51. The van der Waals surface area contributed by atoms with Gasteiger partial charge in [0.2, 0.25) is 0 Å². The lowest BCUT2D eigenvalue weighted by Crippen LogP contribution is -2.43. The van der Waals surface area contributed by atoms with Gasteiger partial charge in [0.15, 0.2) is 0 Å². The van der Waals surface area contributed by atoms with E-state index in [1.165, 1.54) is 28.4 Å². The number of aromatic nitrogens is 1. The first kappa shape index (κ1) is 19.6. The molecule has 0 spiro atoms. The van der Waals surface area contributed by atoms with E-state index in [0.29, 0.717) is 22.3 Å². The van der Waals surface area contributed by atoms with E-state index in [4.69, 9.17) is 4.74 Å². The summed E-state index contributed by atoms with van der Waals surface area (Å²) in [6.07, 6.45) is 2.33. The first-order chi connectivity index (χ1) is 14.0. The number of H-pyrrole nitrogens is 1. The van der Waals surface area contributed by atoms with Crippen molar-refractivity contribution < 1.29 is 19.0 Å². The van der Waals surface area contributed by atoms with Gasteiger partial charge in [-0.2, -0.15) is 0 Å². The van der Waals surface area contributed by atoms with Crippen molar-refractivity contribution in [3.63, 3.8) is 0 Å². The number of carbonyl (C=O) groups is 1. The minimum atomic E-state index is -1.06. The van der Waals surface area contributed by atoms with Gasteiger partial charge in [-0.15, -0.1) is 11.3 Å². The van der Waals surface area contributed by atoms with Gasteiger partial charge in [-0.05, 0) is 42.2 Å². The van der Waals surface area contributed by atoms with Crippen LogP contribution < -0.4 is 25.6 Å². The maximum absolute atomic E-state index is 14.0. The molecule has 3 heterocycles. The van der Waals surface area contributed by atoms with E-state index in [9.17, 15) is 19.1 Å². The molecular weight excluding hydrogens is 399 g/mol. The number of thiazole rings is 1. The second kappa shape index (κ2) is 8.36. The quantitative estimate of drug-likeness (QED) is 0.562. The zero-order valence-corrected chi connectivity index (χ0v) is 16.4. The van der Waals surface area contributed by atoms with E-state index in [-0.39, 0.29) is 18.7 Å². The third-order valence-electron chi connectivity index (χ3n) is 4.97.